The Morgan fingerprint density at radius 1 is 1.00 bits per heavy atom. The second kappa shape index (κ2) is 6.57. The maximum Gasteiger partial charge on any atom is 0.146 e. The molecule has 0 aliphatic rings. The van der Waals surface area contributed by atoms with Crippen molar-refractivity contribution in [1.82, 2.24) is 9.97 Å². The van der Waals surface area contributed by atoms with Crippen molar-refractivity contribution in [2.75, 3.05) is 12.5 Å². The lowest BCUT2D eigenvalue weighted by atomic mass is 10.1. The highest BCUT2D eigenvalue weighted by atomic mass is 16.5. The van der Waals surface area contributed by atoms with Crippen LogP contribution in [0.15, 0.2) is 72.0 Å². The molecule has 0 radical (unpaired) electrons. The highest BCUT2D eigenvalue weighted by molar-refractivity contribution is 5.98. The van der Waals surface area contributed by atoms with Gasteiger partial charge in [0.25, 0.3) is 0 Å². The second-order valence-corrected chi connectivity index (χ2v) is 5.54. The van der Waals surface area contributed by atoms with E-state index in [1.807, 2.05) is 60.7 Å². The Hall–Kier alpha value is -3.47. The number of rotatable bonds is 4. The third-order valence-corrected chi connectivity index (χ3v) is 3.96. The van der Waals surface area contributed by atoms with Crippen LogP contribution in [-0.2, 0) is 0 Å². The monoisotopic (exact) mass is 328 g/mol. The first-order chi connectivity index (χ1) is 12.3. The van der Waals surface area contributed by atoms with Gasteiger partial charge in [0.15, 0.2) is 0 Å². The van der Waals surface area contributed by atoms with E-state index in [1.54, 1.807) is 19.5 Å². The van der Waals surface area contributed by atoms with E-state index >= 15 is 0 Å². The van der Waals surface area contributed by atoms with Gasteiger partial charge in [0.05, 0.1) is 24.4 Å². The Balaban J connectivity index is 1.59. The predicted molar refractivity (Wildman–Crippen MR) is 101 cm³/mol. The summed E-state index contributed by atoms with van der Waals surface area (Å²) in [6.07, 6.45) is 3.56. The van der Waals surface area contributed by atoms with Gasteiger partial charge < -0.3 is 4.74 Å². The van der Waals surface area contributed by atoms with E-state index in [0.717, 1.165) is 33.1 Å². The van der Waals surface area contributed by atoms with Gasteiger partial charge in [0.1, 0.15) is 11.6 Å². The average Bonchev–Trinajstić information content (AvgIpc) is 2.67. The molecular weight excluding hydrogens is 312 g/mol. The molecule has 0 atom stereocenters. The normalized spacial score (nSPS) is 11.2. The molecule has 122 valence electrons. The van der Waals surface area contributed by atoms with Crippen molar-refractivity contribution in [2.24, 2.45) is 5.10 Å². The average molecular weight is 328 g/mol. The van der Waals surface area contributed by atoms with Gasteiger partial charge >= 0.3 is 0 Å². The van der Waals surface area contributed by atoms with Gasteiger partial charge in [-0.3, -0.25) is 10.4 Å². The van der Waals surface area contributed by atoms with Gasteiger partial charge in [0, 0.05) is 28.6 Å². The van der Waals surface area contributed by atoms with Crippen molar-refractivity contribution in [2.45, 2.75) is 0 Å². The molecule has 0 saturated carbocycles. The van der Waals surface area contributed by atoms with Crippen molar-refractivity contribution in [1.29, 1.82) is 0 Å². The molecule has 0 spiro atoms. The van der Waals surface area contributed by atoms with Crippen molar-refractivity contribution in [3.63, 3.8) is 0 Å². The molecule has 4 aromatic rings. The Morgan fingerprint density at radius 2 is 1.88 bits per heavy atom. The minimum absolute atomic E-state index is 0.676. The number of ether oxygens (including phenoxy) is 1. The molecule has 2 aromatic heterocycles. The molecule has 4 rings (SSSR count). The van der Waals surface area contributed by atoms with E-state index < -0.39 is 0 Å². The molecule has 0 saturated heterocycles. The van der Waals surface area contributed by atoms with Crippen LogP contribution in [0.2, 0.25) is 0 Å². The molecule has 0 aliphatic carbocycles. The van der Waals surface area contributed by atoms with Crippen LogP contribution in [0.25, 0.3) is 21.8 Å². The maximum absolute atomic E-state index is 5.25. The van der Waals surface area contributed by atoms with E-state index in [4.69, 9.17) is 4.74 Å². The Morgan fingerprint density at radius 3 is 2.80 bits per heavy atom. The van der Waals surface area contributed by atoms with E-state index in [0.29, 0.717) is 5.82 Å². The third kappa shape index (κ3) is 3.12. The number of benzene rings is 2. The van der Waals surface area contributed by atoms with Crippen molar-refractivity contribution in [3.05, 3.63) is 72.4 Å². The van der Waals surface area contributed by atoms with Crippen LogP contribution < -0.4 is 10.2 Å². The summed E-state index contributed by atoms with van der Waals surface area (Å²) >= 11 is 0. The molecule has 0 bridgehead atoms. The van der Waals surface area contributed by atoms with Gasteiger partial charge in [-0.1, -0.05) is 18.2 Å². The Kier molecular flexibility index (Phi) is 3.96. The third-order valence-electron chi connectivity index (χ3n) is 3.96. The topological polar surface area (TPSA) is 59.4 Å². The number of nitrogens with zero attached hydrogens (tertiary/aromatic N) is 3. The highest BCUT2D eigenvalue weighted by Crippen LogP contribution is 2.21. The largest absolute Gasteiger partial charge is 0.497 e. The Bertz CT molecular complexity index is 1070. The summed E-state index contributed by atoms with van der Waals surface area (Å²) < 4.78 is 5.25. The molecule has 0 unspecified atom stereocenters. The standard InChI is InChI=1S/C20H16N4O/c1-25-16-8-6-14-7-9-20(23-19(14)12-16)24-22-13-15-10-11-21-18-5-3-2-4-17(15)18/h2-13H,1H3,(H,23,24). The first-order valence-electron chi connectivity index (χ1n) is 7.91. The molecule has 1 N–H and O–H groups in total. The van der Waals surface area contributed by atoms with Crippen LogP contribution in [0.1, 0.15) is 5.56 Å². The molecule has 25 heavy (non-hydrogen) atoms. The molecule has 2 aromatic carbocycles. The summed E-state index contributed by atoms with van der Waals surface area (Å²) in [6.45, 7) is 0. The van der Waals surface area contributed by atoms with E-state index in [9.17, 15) is 0 Å². The maximum atomic E-state index is 5.25. The van der Waals surface area contributed by atoms with E-state index in [1.165, 1.54) is 0 Å². The van der Waals surface area contributed by atoms with Crippen LogP contribution in [0.3, 0.4) is 0 Å². The summed E-state index contributed by atoms with van der Waals surface area (Å²) in [5.41, 5.74) is 5.79. The molecule has 0 aliphatic heterocycles. The van der Waals surface area contributed by atoms with Crippen LogP contribution in [-0.4, -0.2) is 23.3 Å². The summed E-state index contributed by atoms with van der Waals surface area (Å²) in [5.74, 6) is 1.46. The zero-order chi connectivity index (χ0) is 17.1. The minimum atomic E-state index is 0.676. The fourth-order valence-corrected chi connectivity index (χ4v) is 2.68. The number of fused-ring (bicyclic) bond motifs is 2. The number of hydrogen-bond donors (Lipinski definition) is 1. The lowest BCUT2D eigenvalue weighted by Gasteiger charge is -2.05. The van der Waals surface area contributed by atoms with Gasteiger partial charge in [-0.25, -0.2) is 4.98 Å². The summed E-state index contributed by atoms with van der Waals surface area (Å²) in [5, 5.41) is 6.43. The first-order valence-corrected chi connectivity index (χ1v) is 7.91. The first kappa shape index (κ1) is 15.1. The highest BCUT2D eigenvalue weighted by Gasteiger charge is 2.01. The molecule has 5 heteroatoms. The smallest absolute Gasteiger partial charge is 0.146 e. The van der Waals surface area contributed by atoms with Crippen LogP contribution in [0, 0.1) is 0 Å². The zero-order valence-corrected chi connectivity index (χ0v) is 13.7. The number of methoxy groups -OCH3 is 1. The van der Waals surface area contributed by atoms with Crippen molar-refractivity contribution in [3.8, 4) is 5.75 Å². The Labute approximate surface area is 145 Å². The van der Waals surface area contributed by atoms with Gasteiger partial charge in [-0.2, -0.15) is 5.10 Å². The number of pyridine rings is 2. The van der Waals surface area contributed by atoms with E-state index in [-0.39, 0.29) is 0 Å². The lowest BCUT2D eigenvalue weighted by molar-refractivity contribution is 0.415. The van der Waals surface area contributed by atoms with Crippen LogP contribution in [0.5, 0.6) is 5.75 Å². The van der Waals surface area contributed by atoms with Gasteiger partial charge in [-0.15, -0.1) is 0 Å². The summed E-state index contributed by atoms with van der Waals surface area (Å²) in [6, 6.07) is 19.6. The predicted octanol–water partition coefficient (Wildman–Crippen LogP) is 4.24. The van der Waals surface area contributed by atoms with Crippen molar-refractivity contribution >= 4 is 33.8 Å². The van der Waals surface area contributed by atoms with Gasteiger partial charge in [-0.05, 0) is 36.4 Å². The number of hydrogen-bond acceptors (Lipinski definition) is 5. The minimum Gasteiger partial charge on any atom is -0.497 e. The number of para-hydroxylation sites is 1. The molecule has 0 amide bonds. The summed E-state index contributed by atoms with van der Waals surface area (Å²) in [7, 11) is 1.65. The number of anilines is 1. The number of aromatic nitrogens is 2. The zero-order valence-electron chi connectivity index (χ0n) is 13.7. The second-order valence-electron chi connectivity index (χ2n) is 5.54. The molecule has 0 fully saturated rings. The summed E-state index contributed by atoms with van der Waals surface area (Å²) in [4.78, 5) is 8.91. The lowest BCUT2D eigenvalue weighted by Crippen LogP contribution is -1.95. The van der Waals surface area contributed by atoms with Crippen molar-refractivity contribution < 1.29 is 4.74 Å². The SMILES string of the molecule is COc1ccc2ccc(NN=Cc3ccnc4ccccc34)nc2c1. The van der Waals surface area contributed by atoms with Gasteiger partial charge in [0.2, 0.25) is 0 Å². The van der Waals surface area contributed by atoms with Crippen LogP contribution >= 0.6 is 0 Å². The van der Waals surface area contributed by atoms with Crippen LogP contribution in [0.4, 0.5) is 5.82 Å². The number of hydrazone groups is 1. The number of nitrogens with one attached hydrogen (secondary N) is 1. The fourth-order valence-electron chi connectivity index (χ4n) is 2.68. The van der Waals surface area contributed by atoms with E-state index in [2.05, 4.69) is 20.5 Å². The molecule has 2 heterocycles. The fraction of sp³-hybridized carbons (Fsp3) is 0.0500. The molecular formula is C20H16N4O. The quantitative estimate of drug-likeness (QED) is 0.450. The molecule has 5 nitrogen and oxygen atoms in total.